The van der Waals surface area contributed by atoms with Crippen LogP contribution in [0.2, 0.25) is 0 Å². The quantitative estimate of drug-likeness (QED) is 0.760. The highest BCUT2D eigenvalue weighted by molar-refractivity contribution is 7.89. The van der Waals surface area contributed by atoms with E-state index in [0.29, 0.717) is 24.5 Å². The molecule has 1 N–H and O–H groups in total. The first-order chi connectivity index (χ1) is 11.9. The van der Waals surface area contributed by atoms with Crippen LogP contribution in [0.5, 0.6) is 0 Å². The van der Waals surface area contributed by atoms with Crippen LogP contribution in [0.4, 0.5) is 0 Å². The van der Waals surface area contributed by atoms with Crippen molar-refractivity contribution in [2.45, 2.75) is 63.7 Å². The lowest BCUT2D eigenvalue weighted by atomic mass is 9.78. The minimum Gasteiger partial charge on any atom is -0.399 e. The third-order valence-corrected chi connectivity index (χ3v) is 7.41. The Morgan fingerprint density at radius 1 is 1.15 bits per heavy atom. The zero-order valence-corrected chi connectivity index (χ0v) is 18.5. The SMILES string of the molecule is Cc1cc(B2OC(C)(C)C(C)(C)O2)cc(S(=O)(=O)N2CCN[C@H](C)C2)c1.Cl. The van der Waals surface area contributed by atoms with E-state index in [1.807, 2.05) is 47.6 Å². The standard InChI is InChI=1S/C18H29BN2O4S.ClH/c1-13-9-15(19-24-17(3,4)18(5,6)25-19)11-16(10-13)26(22,23)21-8-7-20-14(2)12-21;/h9-11,14,20H,7-8,12H2,1-6H3;1H/t14-;/m1./s1. The third-order valence-electron chi connectivity index (χ3n) is 5.57. The average molecular weight is 417 g/mol. The average Bonchev–Trinajstić information content (AvgIpc) is 2.75. The van der Waals surface area contributed by atoms with Gasteiger partial charge in [0.25, 0.3) is 0 Å². The smallest absolute Gasteiger partial charge is 0.399 e. The highest BCUT2D eigenvalue weighted by Gasteiger charge is 2.52. The number of halogens is 1. The van der Waals surface area contributed by atoms with Gasteiger partial charge in [0.2, 0.25) is 10.0 Å². The number of nitrogens with one attached hydrogen (secondary N) is 1. The number of aryl methyl sites for hydroxylation is 1. The highest BCUT2D eigenvalue weighted by Crippen LogP contribution is 2.36. The van der Waals surface area contributed by atoms with Crippen molar-refractivity contribution < 1.29 is 17.7 Å². The molecule has 9 heteroatoms. The topological polar surface area (TPSA) is 67.9 Å². The molecule has 27 heavy (non-hydrogen) atoms. The van der Waals surface area contributed by atoms with Crippen LogP contribution in [0.3, 0.4) is 0 Å². The molecule has 152 valence electrons. The molecule has 0 spiro atoms. The summed E-state index contributed by atoms with van der Waals surface area (Å²) in [5, 5.41) is 3.27. The van der Waals surface area contributed by atoms with Crippen LogP contribution in [0.1, 0.15) is 40.2 Å². The minimum atomic E-state index is -3.54. The maximum Gasteiger partial charge on any atom is 0.494 e. The first kappa shape index (κ1) is 22.7. The first-order valence-corrected chi connectivity index (χ1v) is 10.6. The van der Waals surface area contributed by atoms with Crippen molar-refractivity contribution in [3.63, 3.8) is 0 Å². The Morgan fingerprint density at radius 2 is 1.74 bits per heavy atom. The molecule has 2 heterocycles. The number of hydrogen-bond donors (Lipinski definition) is 1. The molecule has 1 aromatic carbocycles. The van der Waals surface area contributed by atoms with E-state index >= 15 is 0 Å². The number of hydrogen-bond acceptors (Lipinski definition) is 5. The fourth-order valence-corrected chi connectivity index (χ4v) is 4.97. The van der Waals surface area contributed by atoms with Crippen LogP contribution >= 0.6 is 12.4 Å². The van der Waals surface area contributed by atoms with Gasteiger partial charge in [-0.25, -0.2) is 8.42 Å². The van der Waals surface area contributed by atoms with Gasteiger partial charge in [0.15, 0.2) is 0 Å². The van der Waals surface area contributed by atoms with Gasteiger partial charge in [0.05, 0.1) is 16.1 Å². The zero-order valence-electron chi connectivity index (χ0n) is 16.9. The Labute approximate surface area is 169 Å². The van der Waals surface area contributed by atoms with E-state index in [4.69, 9.17) is 9.31 Å². The van der Waals surface area contributed by atoms with E-state index in [2.05, 4.69) is 5.32 Å². The van der Waals surface area contributed by atoms with Crippen molar-refractivity contribution in [2.75, 3.05) is 19.6 Å². The summed E-state index contributed by atoms with van der Waals surface area (Å²) in [4.78, 5) is 0.302. The molecule has 0 saturated carbocycles. The number of benzene rings is 1. The molecule has 2 aliphatic rings. The fraction of sp³-hybridized carbons (Fsp3) is 0.667. The Morgan fingerprint density at radius 3 is 2.30 bits per heavy atom. The van der Waals surface area contributed by atoms with Crippen LogP contribution in [0.25, 0.3) is 0 Å². The van der Waals surface area contributed by atoms with Crippen LogP contribution in [0.15, 0.2) is 23.1 Å². The molecule has 0 amide bonds. The Hall–Kier alpha value is -0.635. The van der Waals surface area contributed by atoms with Gasteiger partial charge in [-0.1, -0.05) is 11.6 Å². The lowest BCUT2D eigenvalue weighted by Crippen LogP contribution is -2.51. The molecule has 2 fully saturated rings. The fourth-order valence-electron chi connectivity index (χ4n) is 3.31. The van der Waals surface area contributed by atoms with Gasteiger partial charge < -0.3 is 14.6 Å². The molecule has 0 aliphatic carbocycles. The summed E-state index contributed by atoms with van der Waals surface area (Å²) in [6.07, 6.45) is 0. The summed E-state index contributed by atoms with van der Waals surface area (Å²) in [5.41, 5.74) is 0.687. The van der Waals surface area contributed by atoms with E-state index in [-0.39, 0.29) is 18.4 Å². The Kier molecular flexibility index (Phi) is 6.42. The van der Waals surface area contributed by atoms with E-state index in [1.165, 1.54) is 0 Å². The molecule has 0 unspecified atom stereocenters. The predicted octanol–water partition coefficient (Wildman–Crippen LogP) is 1.70. The Balaban J connectivity index is 0.00000261. The van der Waals surface area contributed by atoms with Crippen molar-refractivity contribution in [1.29, 1.82) is 0 Å². The van der Waals surface area contributed by atoms with E-state index < -0.39 is 28.3 Å². The lowest BCUT2D eigenvalue weighted by Gasteiger charge is -2.32. The van der Waals surface area contributed by atoms with Gasteiger partial charge in [-0.15, -0.1) is 12.4 Å². The predicted molar refractivity (Wildman–Crippen MR) is 110 cm³/mol. The molecule has 6 nitrogen and oxygen atoms in total. The van der Waals surface area contributed by atoms with Gasteiger partial charge in [0.1, 0.15) is 0 Å². The second kappa shape index (κ2) is 7.65. The van der Waals surface area contributed by atoms with E-state index in [0.717, 1.165) is 11.0 Å². The molecule has 0 aromatic heterocycles. The number of nitrogens with zero attached hydrogens (tertiary/aromatic N) is 1. The molecule has 1 atom stereocenters. The normalized spacial score (nSPS) is 25.3. The van der Waals surface area contributed by atoms with Crippen LogP contribution in [0, 0.1) is 6.92 Å². The van der Waals surface area contributed by atoms with Crippen molar-refractivity contribution in [2.24, 2.45) is 0 Å². The van der Waals surface area contributed by atoms with Crippen molar-refractivity contribution >= 4 is 35.0 Å². The van der Waals surface area contributed by atoms with E-state index in [1.54, 1.807) is 16.4 Å². The van der Waals surface area contributed by atoms with Gasteiger partial charge in [-0.3, -0.25) is 0 Å². The maximum atomic E-state index is 13.1. The van der Waals surface area contributed by atoms with Gasteiger partial charge >= 0.3 is 7.12 Å². The number of sulfonamides is 1. The van der Waals surface area contributed by atoms with Gasteiger partial charge in [0, 0.05) is 25.7 Å². The second-order valence-corrected chi connectivity index (χ2v) is 10.3. The van der Waals surface area contributed by atoms with E-state index in [9.17, 15) is 8.42 Å². The first-order valence-electron chi connectivity index (χ1n) is 9.13. The number of rotatable bonds is 3. The summed E-state index contributed by atoms with van der Waals surface area (Å²) in [6, 6.07) is 5.49. The summed E-state index contributed by atoms with van der Waals surface area (Å²) in [6.45, 7) is 13.5. The largest absolute Gasteiger partial charge is 0.494 e. The van der Waals surface area contributed by atoms with Crippen molar-refractivity contribution in [1.82, 2.24) is 9.62 Å². The second-order valence-electron chi connectivity index (χ2n) is 8.39. The van der Waals surface area contributed by atoms with Crippen molar-refractivity contribution in [3.05, 3.63) is 23.8 Å². The summed E-state index contributed by atoms with van der Waals surface area (Å²) < 4.78 is 40.0. The summed E-state index contributed by atoms with van der Waals surface area (Å²) >= 11 is 0. The highest BCUT2D eigenvalue weighted by atomic mass is 35.5. The molecule has 0 radical (unpaired) electrons. The Bertz CT molecular complexity index is 785. The molecule has 3 rings (SSSR count). The molecular formula is C18H30BClN2O4S. The molecule has 0 bridgehead atoms. The van der Waals surface area contributed by atoms with Crippen LogP contribution < -0.4 is 10.8 Å². The molecule has 2 aliphatic heterocycles. The lowest BCUT2D eigenvalue weighted by molar-refractivity contribution is 0.00578. The summed E-state index contributed by atoms with van der Waals surface area (Å²) in [7, 11) is -4.12. The van der Waals surface area contributed by atoms with Crippen molar-refractivity contribution in [3.8, 4) is 0 Å². The van der Waals surface area contributed by atoms with Gasteiger partial charge in [-0.05, 0) is 59.1 Å². The van der Waals surface area contributed by atoms with Gasteiger partial charge in [-0.2, -0.15) is 4.31 Å². The molecule has 1 aromatic rings. The number of piperazine rings is 1. The van der Waals surface area contributed by atoms with Crippen LogP contribution in [-0.4, -0.2) is 56.7 Å². The van der Waals surface area contributed by atoms with Crippen LogP contribution in [-0.2, 0) is 19.3 Å². The summed E-state index contributed by atoms with van der Waals surface area (Å²) in [5.74, 6) is 0. The zero-order chi connectivity index (χ0) is 19.3. The monoisotopic (exact) mass is 416 g/mol. The maximum absolute atomic E-state index is 13.1. The molecule has 2 saturated heterocycles. The molecular weight excluding hydrogens is 387 g/mol. The minimum absolute atomic E-state index is 0. The third kappa shape index (κ3) is 4.36.